The number of rotatable bonds is 7. The molecule has 2 aromatic rings. The molecule has 0 radical (unpaired) electrons. The second-order valence-electron chi connectivity index (χ2n) is 5.51. The van der Waals surface area contributed by atoms with Gasteiger partial charge in [0, 0.05) is 0 Å². The third kappa shape index (κ3) is 5.22. The minimum atomic E-state index is -0.693. The third-order valence-electron chi connectivity index (χ3n) is 3.81. The average Bonchev–Trinajstić information content (AvgIpc) is 2.60. The zero-order valence-electron chi connectivity index (χ0n) is 13.4. The lowest BCUT2D eigenvalue weighted by Gasteiger charge is -2.18. The van der Waals surface area contributed by atoms with Crippen molar-refractivity contribution in [3.05, 3.63) is 60.2 Å². The van der Waals surface area contributed by atoms with Crippen LogP contribution in [0.1, 0.15) is 26.3 Å². The van der Waals surface area contributed by atoms with Gasteiger partial charge in [0.05, 0.1) is 0 Å². The van der Waals surface area contributed by atoms with Gasteiger partial charge < -0.3 is 16.1 Å². The van der Waals surface area contributed by atoms with Gasteiger partial charge >= 0.3 is 12.9 Å². The van der Waals surface area contributed by atoms with E-state index in [1.165, 1.54) is 5.56 Å². The van der Waals surface area contributed by atoms with E-state index in [4.69, 9.17) is 16.1 Å². The van der Waals surface area contributed by atoms with E-state index in [1.807, 2.05) is 42.5 Å². The molecule has 0 aliphatic heterocycles. The summed E-state index contributed by atoms with van der Waals surface area (Å²) in [7, 11) is 0. The smallest absolute Gasteiger partial charge is 0.429 e. The van der Waals surface area contributed by atoms with Crippen molar-refractivity contribution in [1.29, 1.82) is 0 Å². The van der Waals surface area contributed by atoms with E-state index >= 15 is 0 Å². The highest BCUT2D eigenvalue weighted by molar-refractivity contribution is 6.81. The molecule has 0 amide bonds. The Balaban J connectivity index is 0.00000288. The average molecular weight is 326 g/mol. The Bertz CT molecular complexity index is 617. The van der Waals surface area contributed by atoms with Gasteiger partial charge in [-0.15, -0.1) is 0 Å². The van der Waals surface area contributed by atoms with E-state index in [1.54, 1.807) is 0 Å². The minimum absolute atomic E-state index is 0. The van der Waals surface area contributed by atoms with E-state index in [9.17, 15) is 4.79 Å². The lowest BCUT2D eigenvalue weighted by Crippen LogP contribution is -2.49. The van der Waals surface area contributed by atoms with Gasteiger partial charge in [-0.1, -0.05) is 68.9 Å². The lowest BCUT2D eigenvalue weighted by molar-refractivity contribution is -0.136. The number of hydrogen-bond acceptors (Lipinski definition) is 4. The minimum Gasteiger partial charge on any atom is -0.525 e. The summed E-state index contributed by atoms with van der Waals surface area (Å²) in [5.41, 5.74) is 14.4. The normalized spacial score (nSPS) is 11.3. The molecule has 0 aromatic heterocycles. The van der Waals surface area contributed by atoms with Crippen molar-refractivity contribution in [2.75, 3.05) is 6.54 Å². The largest absolute Gasteiger partial charge is 0.525 e. The molecule has 1 atom stereocenters. The highest BCUT2D eigenvalue weighted by Gasteiger charge is 2.27. The first kappa shape index (κ1) is 19.9. The predicted molar refractivity (Wildman–Crippen MR) is 102 cm³/mol. The van der Waals surface area contributed by atoms with Crippen molar-refractivity contribution >= 4 is 23.8 Å². The number of benzene rings is 2. The molecule has 0 heterocycles. The van der Waals surface area contributed by atoms with Crippen LogP contribution in [0.25, 0.3) is 0 Å². The van der Waals surface area contributed by atoms with Crippen molar-refractivity contribution in [3.63, 3.8) is 0 Å². The first-order chi connectivity index (χ1) is 11.2. The van der Waals surface area contributed by atoms with Gasteiger partial charge in [0.2, 0.25) is 0 Å². The molecule has 0 aliphatic carbocycles. The highest BCUT2D eigenvalue weighted by Crippen LogP contribution is 2.02. The van der Waals surface area contributed by atoms with Crippen LogP contribution >= 0.6 is 0 Å². The topological polar surface area (TPSA) is 78.3 Å². The van der Waals surface area contributed by atoms with Crippen LogP contribution in [0.15, 0.2) is 54.6 Å². The summed E-state index contributed by atoms with van der Waals surface area (Å²) in [6.45, 7) is 2.01. The van der Waals surface area contributed by atoms with Crippen LogP contribution in [0.4, 0.5) is 0 Å². The van der Waals surface area contributed by atoms with Crippen molar-refractivity contribution in [3.8, 4) is 0 Å². The Kier molecular flexibility index (Phi) is 8.23. The number of hydrogen-bond donors (Lipinski definition) is 2. The van der Waals surface area contributed by atoms with Gasteiger partial charge in [-0.2, -0.15) is 0 Å². The monoisotopic (exact) mass is 326 g/mol. The van der Waals surface area contributed by atoms with Crippen LogP contribution in [0, 0.1) is 0 Å². The van der Waals surface area contributed by atoms with Crippen molar-refractivity contribution < 1.29 is 9.45 Å². The molecule has 0 saturated heterocycles. The Labute approximate surface area is 145 Å². The molecule has 1 unspecified atom stereocenters. The fourth-order valence-electron chi connectivity index (χ4n) is 2.39. The number of carbonyl (C=O) groups is 1. The summed E-state index contributed by atoms with van der Waals surface area (Å²) in [6.07, 6.45) is 1.38. The molecule has 0 saturated carbocycles. The summed E-state index contributed by atoms with van der Waals surface area (Å²) in [5, 5.41) is 0. The zero-order valence-corrected chi connectivity index (χ0v) is 13.4. The van der Waals surface area contributed by atoms with E-state index in [0.29, 0.717) is 13.0 Å². The van der Waals surface area contributed by atoms with Crippen LogP contribution in [0.3, 0.4) is 0 Å². The van der Waals surface area contributed by atoms with Crippen molar-refractivity contribution in [2.24, 2.45) is 11.5 Å². The summed E-state index contributed by atoms with van der Waals surface area (Å²) >= 11 is 0. The zero-order chi connectivity index (χ0) is 16.7. The van der Waals surface area contributed by atoms with Crippen LogP contribution in [-0.4, -0.2) is 25.5 Å². The maximum atomic E-state index is 12.2. The summed E-state index contributed by atoms with van der Waals surface area (Å²) in [6, 6.07) is 17.1. The molecule has 0 aliphatic rings. The quantitative estimate of drug-likeness (QED) is 0.750. The molecule has 2 aromatic carbocycles. The van der Waals surface area contributed by atoms with Gasteiger partial charge in [-0.3, -0.25) is 4.79 Å². The Morgan fingerprint density at radius 3 is 2.21 bits per heavy atom. The molecular formula is C19H27BN2O2. The van der Waals surface area contributed by atoms with Crippen LogP contribution < -0.4 is 22.4 Å². The van der Waals surface area contributed by atoms with Gasteiger partial charge in [-0.25, -0.2) is 0 Å². The Morgan fingerprint density at radius 1 is 1.08 bits per heavy atom. The summed E-state index contributed by atoms with van der Waals surface area (Å²) < 4.78 is 5.69. The maximum Gasteiger partial charge on any atom is 0.429 e. The third-order valence-corrected chi connectivity index (χ3v) is 3.81. The van der Waals surface area contributed by atoms with Gasteiger partial charge in [-0.05, 0) is 35.9 Å². The van der Waals surface area contributed by atoms with Gasteiger partial charge in [0.15, 0.2) is 0 Å². The van der Waals surface area contributed by atoms with E-state index in [2.05, 4.69) is 19.1 Å². The molecule has 2 rings (SSSR count). The Hall–Kier alpha value is -2.11. The van der Waals surface area contributed by atoms with E-state index in [-0.39, 0.29) is 7.43 Å². The Morgan fingerprint density at radius 2 is 1.67 bits per heavy atom. The molecule has 24 heavy (non-hydrogen) atoms. The van der Waals surface area contributed by atoms with Crippen LogP contribution in [0.2, 0.25) is 0 Å². The lowest BCUT2D eigenvalue weighted by atomic mass is 9.55. The number of carbonyl (C=O) groups excluding carboxylic acids is 1. The maximum absolute atomic E-state index is 12.2. The molecular weight excluding hydrogens is 299 g/mol. The molecule has 128 valence electrons. The SMILES string of the molecule is C.CCc1ccc(B(OC(=O)C(N)CCN)c2ccccc2)cc1. The predicted octanol–water partition coefficient (Wildman–Crippen LogP) is 1.21. The second-order valence-corrected chi connectivity index (χ2v) is 5.51. The van der Waals surface area contributed by atoms with E-state index < -0.39 is 18.9 Å². The fourth-order valence-corrected chi connectivity index (χ4v) is 2.39. The number of nitrogens with two attached hydrogens (primary N) is 2. The first-order valence-corrected chi connectivity index (χ1v) is 7.95. The standard InChI is InChI=1S/C18H23BN2O2.CH4/c1-2-14-8-10-16(11-9-14)19(15-6-4-3-5-7-15)23-18(22)17(21)12-13-20;/h3-11,17H,2,12-13,20-21H2,1H3;1H4. The van der Waals surface area contributed by atoms with Crippen LogP contribution in [0.5, 0.6) is 0 Å². The summed E-state index contributed by atoms with van der Waals surface area (Å²) in [5.74, 6) is -0.427. The highest BCUT2D eigenvalue weighted by atomic mass is 16.5. The fraction of sp³-hybridized carbons (Fsp3) is 0.316. The molecule has 5 heteroatoms. The van der Waals surface area contributed by atoms with Crippen molar-refractivity contribution in [2.45, 2.75) is 33.2 Å². The molecule has 0 spiro atoms. The molecule has 4 N–H and O–H groups in total. The van der Waals surface area contributed by atoms with E-state index in [0.717, 1.165) is 17.3 Å². The molecule has 0 fully saturated rings. The van der Waals surface area contributed by atoms with Gasteiger partial charge in [0.1, 0.15) is 6.04 Å². The van der Waals surface area contributed by atoms with Crippen LogP contribution in [-0.2, 0) is 15.9 Å². The molecule has 4 nitrogen and oxygen atoms in total. The first-order valence-electron chi connectivity index (χ1n) is 7.95. The second kappa shape index (κ2) is 9.91. The summed E-state index contributed by atoms with van der Waals surface area (Å²) in [4.78, 5) is 12.2. The number of aryl methyl sites for hydroxylation is 1. The van der Waals surface area contributed by atoms with Gasteiger partial charge in [0.25, 0.3) is 0 Å². The molecule has 0 bridgehead atoms. The van der Waals surface area contributed by atoms with Crippen molar-refractivity contribution in [1.82, 2.24) is 0 Å².